The Labute approximate surface area is 194 Å². The summed E-state index contributed by atoms with van der Waals surface area (Å²) in [7, 11) is 0. The number of anilines is 1. The molecule has 0 aliphatic carbocycles. The van der Waals surface area contributed by atoms with E-state index in [-0.39, 0.29) is 17.5 Å². The Morgan fingerprint density at radius 2 is 1.97 bits per heavy atom. The van der Waals surface area contributed by atoms with Gasteiger partial charge in [0.05, 0.1) is 11.6 Å². The molecule has 1 amide bonds. The van der Waals surface area contributed by atoms with Gasteiger partial charge in [0.2, 0.25) is 11.8 Å². The van der Waals surface area contributed by atoms with Gasteiger partial charge in [0.15, 0.2) is 0 Å². The zero-order valence-corrected chi connectivity index (χ0v) is 18.8. The number of benzene rings is 2. The van der Waals surface area contributed by atoms with Crippen molar-refractivity contribution in [2.75, 3.05) is 18.0 Å². The number of aromatic nitrogens is 3. The summed E-state index contributed by atoms with van der Waals surface area (Å²) in [5.41, 5.74) is 1.05. The molecule has 34 heavy (non-hydrogen) atoms. The standard InChI is InChI=1S/C25H23F2N5O2/c1-14-5-8-20(26)18-9-11-29-23(22(14)18)32(17-4-3-10-28-13-17)25(33)19-7-6-16(12-21(19)27)24-31-30-15(2)34-24/h5-9,11-12,17,28H,3-4,10,13H2,1-2H3/t17-/m1/s1. The number of fused-ring (bicyclic) bond motifs is 1. The topological polar surface area (TPSA) is 84.2 Å². The van der Waals surface area contributed by atoms with Crippen molar-refractivity contribution in [1.82, 2.24) is 20.5 Å². The van der Waals surface area contributed by atoms with Crippen LogP contribution in [0.4, 0.5) is 14.6 Å². The number of carbonyl (C=O) groups excluding carboxylic acids is 1. The summed E-state index contributed by atoms with van der Waals surface area (Å²) in [4.78, 5) is 19.8. The fourth-order valence-electron chi connectivity index (χ4n) is 4.45. The number of hydrogen-bond donors (Lipinski definition) is 1. The molecule has 1 N–H and O–H groups in total. The lowest BCUT2D eigenvalue weighted by Gasteiger charge is -2.35. The monoisotopic (exact) mass is 463 g/mol. The van der Waals surface area contributed by atoms with Gasteiger partial charge in [0, 0.05) is 36.0 Å². The van der Waals surface area contributed by atoms with E-state index in [1.165, 1.54) is 29.3 Å². The van der Waals surface area contributed by atoms with Crippen molar-refractivity contribution in [2.45, 2.75) is 32.7 Å². The first-order valence-corrected chi connectivity index (χ1v) is 11.1. The van der Waals surface area contributed by atoms with Gasteiger partial charge < -0.3 is 9.73 Å². The zero-order valence-electron chi connectivity index (χ0n) is 18.8. The first-order chi connectivity index (χ1) is 16.4. The van der Waals surface area contributed by atoms with E-state index in [1.807, 2.05) is 6.92 Å². The highest BCUT2D eigenvalue weighted by atomic mass is 19.1. The van der Waals surface area contributed by atoms with Crippen molar-refractivity contribution in [3.63, 3.8) is 0 Å². The Bertz CT molecular complexity index is 1380. The van der Waals surface area contributed by atoms with E-state index >= 15 is 4.39 Å². The van der Waals surface area contributed by atoms with E-state index in [0.29, 0.717) is 41.0 Å². The van der Waals surface area contributed by atoms with E-state index in [4.69, 9.17) is 4.42 Å². The van der Waals surface area contributed by atoms with Crippen molar-refractivity contribution in [2.24, 2.45) is 0 Å². The summed E-state index contributed by atoms with van der Waals surface area (Å²) < 4.78 is 35.3. The molecule has 1 fully saturated rings. The molecule has 0 saturated carbocycles. The van der Waals surface area contributed by atoms with Crippen LogP contribution in [0.25, 0.3) is 22.2 Å². The van der Waals surface area contributed by atoms with Gasteiger partial charge in [-0.15, -0.1) is 10.2 Å². The number of nitrogens with zero attached hydrogens (tertiary/aromatic N) is 4. The highest BCUT2D eigenvalue weighted by Gasteiger charge is 2.32. The van der Waals surface area contributed by atoms with E-state index in [9.17, 15) is 9.18 Å². The van der Waals surface area contributed by atoms with Gasteiger partial charge in [0.25, 0.3) is 5.91 Å². The molecule has 1 atom stereocenters. The second-order valence-electron chi connectivity index (χ2n) is 8.42. The SMILES string of the molecule is Cc1nnc(-c2ccc(C(=O)N(c3nccc4c(F)ccc(C)c34)[C@@H]3CCCNC3)c(F)c2)o1. The number of nitrogens with one attached hydrogen (secondary N) is 1. The summed E-state index contributed by atoms with van der Waals surface area (Å²) in [6, 6.07) is 8.57. The highest BCUT2D eigenvalue weighted by Crippen LogP contribution is 2.33. The first kappa shape index (κ1) is 22.1. The number of piperidine rings is 1. The number of hydrogen-bond acceptors (Lipinski definition) is 6. The summed E-state index contributed by atoms with van der Waals surface area (Å²) in [5, 5.41) is 11.9. The molecule has 5 rings (SSSR count). The minimum atomic E-state index is -0.713. The van der Waals surface area contributed by atoms with E-state index in [0.717, 1.165) is 18.5 Å². The Kier molecular flexibility index (Phi) is 5.79. The molecule has 0 unspecified atom stereocenters. The first-order valence-electron chi connectivity index (χ1n) is 11.1. The minimum Gasteiger partial charge on any atom is -0.421 e. The number of aryl methyl sites for hydroxylation is 2. The van der Waals surface area contributed by atoms with Crippen molar-refractivity contribution in [3.8, 4) is 11.5 Å². The summed E-state index contributed by atoms with van der Waals surface area (Å²) in [5.74, 6) is -0.798. The maximum atomic E-state index is 15.3. The van der Waals surface area contributed by atoms with Gasteiger partial charge >= 0.3 is 0 Å². The lowest BCUT2D eigenvalue weighted by atomic mass is 10.0. The van der Waals surface area contributed by atoms with Crippen LogP contribution in [0.5, 0.6) is 0 Å². The fourth-order valence-corrected chi connectivity index (χ4v) is 4.45. The molecule has 7 nitrogen and oxygen atoms in total. The predicted octanol–water partition coefficient (Wildman–Crippen LogP) is 4.58. The highest BCUT2D eigenvalue weighted by molar-refractivity contribution is 6.11. The van der Waals surface area contributed by atoms with Crippen LogP contribution in [0.3, 0.4) is 0 Å². The Hall–Kier alpha value is -3.72. The number of carbonyl (C=O) groups is 1. The van der Waals surface area contributed by atoms with Crippen molar-refractivity contribution in [1.29, 1.82) is 0 Å². The van der Waals surface area contributed by atoms with E-state index in [1.54, 1.807) is 25.1 Å². The average molecular weight is 463 g/mol. The van der Waals surface area contributed by atoms with Crippen LogP contribution in [0.2, 0.25) is 0 Å². The Morgan fingerprint density at radius 3 is 2.68 bits per heavy atom. The van der Waals surface area contributed by atoms with Crippen LogP contribution < -0.4 is 10.2 Å². The van der Waals surface area contributed by atoms with Crippen LogP contribution >= 0.6 is 0 Å². The number of amides is 1. The fraction of sp³-hybridized carbons (Fsp3) is 0.280. The lowest BCUT2D eigenvalue weighted by molar-refractivity contribution is 0.0968. The molecule has 0 spiro atoms. The van der Waals surface area contributed by atoms with Gasteiger partial charge in [-0.25, -0.2) is 13.8 Å². The van der Waals surface area contributed by atoms with E-state index < -0.39 is 17.5 Å². The van der Waals surface area contributed by atoms with Gasteiger partial charge in [-0.05, 0) is 62.2 Å². The minimum absolute atomic E-state index is 0.113. The van der Waals surface area contributed by atoms with E-state index in [2.05, 4.69) is 20.5 Å². The molecule has 174 valence electrons. The van der Waals surface area contributed by atoms with Crippen LogP contribution in [0.1, 0.15) is 34.7 Å². The lowest BCUT2D eigenvalue weighted by Crippen LogP contribution is -2.49. The maximum Gasteiger partial charge on any atom is 0.262 e. The molecule has 1 saturated heterocycles. The molecule has 1 aliphatic heterocycles. The zero-order chi connectivity index (χ0) is 23.8. The molecule has 2 aromatic heterocycles. The predicted molar refractivity (Wildman–Crippen MR) is 124 cm³/mol. The quantitative estimate of drug-likeness (QED) is 0.477. The molecular weight excluding hydrogens is 440 g/mol. The molecule has 4 aromatic rings. The number of rotatable bonds is 4. The average Bonchev–Trinajstić information content (AvgIpc) is 3.28. The largest absolute Gasteiger partial charge is 0.421 e. The van der Waals surface area contributed by atoms with Crippen LogP contribution in [0.15, 0.2) is 47.0 Å². The Morgan fingerprint density at radius 1 is 1.12 bits per heavy atom. The molecular formula is C25H23F2N5O2. The third kappa shape index (κ3) is 3.92. The van der Waals surface area contributed by atoms with Gasteiger partial charge in [-0.3, -0.25) is 9.69 Å². The van der Waals surface area contributed by atoms with Crippen molar-refractivity contribution < 1.29 is 18.0 Å². The number of halogens is 2. The van der Waals surface area contributed by atoms with Crippen LogP contribution in [-0.4, -0.2) is 40.2 Å². The Balaban J connectivity index is 1.62. The summed E-state index contributed by atoms with van der Waals surface area (Å²) in [6.07, 6.45) is 3.05. The van der Waals surface area contributed by atoms with Crippen molar-refractivity contribution in [3.05, 3.63) is 71.2 Å². The third-order valence-corrected chi connectivity index (χ3v) is 6.12. The number of pyridine rings is 1. The summed E-state index contributed by atoms with van der Waals surface area (Å²) in [6.45, 7) is 4.85. The summed E-state index contributed by atoms with van der Waals surface area (Å²) >= 11 is 0. The van der Waals surface area contributed by atoms with Crippen LogP contribution in [-0.2, 0) is 0 Å². The van der Waals surface area contributed by atoms with Crippen molar-refractivity contribution >= 4 is 22.5 Å². The molecule has 3 heterocycles. The molecule has 1 aliphatic rings. The smallest absolute Gasteiger partial charge is 0.262 e. The molecule has 9 heteroatoms. The van der Waals surface area contributed by atoms with Gasteiger partial charge in [-0.1, -0.05) is 6.07 Å². The normalized spacial score (nSPS) is 16.1. The third-order valence-electron chi connectivity index (χ3n) is 6.12. The second kappa shape index (κ2) is 8.90. The van der Waals surface area contributed by atoms with Crippen LogP contribution in [0, 0.1) is 25.5 Å². The van der Waals surface area contributed by atoms with Gasteiger partial charge in [0.1, 0.15) is 17.5 Å². The molecule has 0 bridgehead atoms. The second-order valence-corrected chi connectivity index (χ2v) is 8.42. The molecule has 0 radical (unpaired) electrons. The maximum absolute atomic E-state index is 15.3. The van der Waals surface area contributed by atoms with Gasteiger partial charge in [-0.2, -0.15) is 0 Å². The molecule has 2 aromatic carbocycles.